The summed E-state index contributed by atoms with van der Waals surface area (Å²) in [5.74, 6) is 0.408. The van der Waals surface area contributed by atoms with E-state index in [1.54, 1.807) is 0 Å². The van der Waals surface area contributed by atoms with Gasteiger partial charge in [0.15, 0.2) is 11.6 Å². The van der Waals surface area contributed by atoms with Gasteiger partial charge in [-0.15, -0.1) is 0 Å². The number of anilines is 1. The van der Waals surface area contributed by atoms with Crippen molar-refractivity contribution in [3.63, 3.8) is 0 Å². The third-order valence-corrected chi connectivity index (χ3v) is 3.13. The highest BCUT2D eigenvalue weighted by molar-refractivity contribution is 6.30. The van der Waals surface area contributed by atoms with Crippen LogP contribution < -0.4 is 5.32 Å². The van der Waals surface area contributed by atoms with Gasteiger partial charge < -0.3 is 5.32 Å². The van der Waals surface area contributed by atoms with Gasteiger partial charge in [0.1, 0.15) is 0 Å². The van der Waals surface area contributed by atoms with Gasteiger partial charge in [-0.2, -0.15) is 0 Å². The van der Waals surface area contributed by atoms with E-state index in [0.29, 0.717) is 10.9 Å². The Bertz CT molecular complexity index is 340. The molecule has 1 aromatic heterocycles. The van der Waals surface area contributed by atoms with Crippen molar-refractivity contribution in [2.75, 3.05) is 5.32 Å². The van der Waals surface area contributed by atoms with Gasteiger partial charge in [0.05, 0.1) is 5.02 Å². The van der Waals surface area contributed by atoms with Crippen LogP contribution in [0.1, 0.15) is 33.6 Å². The highest BCUT2D eigenvalue weighted by Crippen LogP contribution is 2.20. The highest BCUT2D eigenvalue weighted by Gasteiger charge is 2.15. The van der Waals surface area contributed by atoms with E-state index in [-0.39, 0.29) is 11.9 Å². The maximum absolute atomic E-state index is 13.5. The number of rotatable bonds is 5. The van der Waals surface area contributed by atoms with Gasteiger partial charge in [-0.05, 0) is 18.9 Å². The lowest BCUT2D eigenvalue weighted by Gasteiger charge is -2.23. The average molecular weight is 245 g/mol. The normalized spacial score (nSPS) is 12.9. The first-order valence-electron chi connectivity index (χ1n) is 5.66. The molecule has 1 unspecified atom stereocenters. The number of nitrogens with one attached hydrogen (secondary N) is 1. The van der Waals surface area contributed by atoms with E-state index in [9.17, 15) is 4.39 Å². The fourth-order valence-electron chi connectivity index (χ4n) is 1.85. The number of hydrogen-bond donors (Lipinski definition) is 1. The predicted molar refractivity (Wildman–Crippen MR) is 66.4 cm³/mol. The molecule has 0 fully saturated rings. The third-order valence-electron chi connectivity index (χ3n) is 2.93. The molecule has 0 aliphatic heterocycles. The van der Waals surface area contributed by atoms with Gasteiger partial charge >= 0.3 is 0 Å². The van der Waals surface area contributed by atoms with Crippen molar-refractivity contribution in [1.29, 1.82) is 0 Å². The number of nitrogens with zero attached hydrogens (tertiary/aromatic N) is 1. The van der Waals surface area contributed by atoms with Crippen molar-refractivity contribution in [3.8, 4) is 0 Å². The molecule has 0 aromatic carbocycles. The topological polar surface area (TPSA) is 24.9 Å². The molecule has 2 nitrogen and oxygen atoms in total. The molecule has 4 heteroatoms. The fraction of sp³-hybridized carbons (Fsp3) is 0.583. The molecule has 0 radical (unpaired) electrons. The zero-order chi connectivity index (χ0) is 12.1. The molecule has 0 saturated carbocycles. The van der Waals surface area contributed by atoms with Crippen LogP contribution in [0, 0.1) is 11.7 Å². The van der Waals surface area contributed by atoms with Crippen molar-refractivity contribution >= 4 is 17.4 Å². The maximum Gasteiger partial charge on any atom is 0.166 e. The molecule has 1 rings (SSSR count). The summed E-state index contributed by atoms with van der Waals surface area (Å²) in [5, 5.41) is 3.41. The zero-order valence-electron chi connectivity index (χ0n) is 9.93. The Kier molecular flexibility index (Phi) is 5.00. The number of halogens is 2. The quantitative estimate of drug-likeness (QED) is 0.843. The van der Waals surface area contributed by atoms with Crippen LogP contribution in [0.3, 0.4) is 0 Å². The molecule has 16 heavy (non-hydrogen) atoms. The first-order chi connectivity index (χ1) is 7.58. The zero-order valence-corrected chi connectivity index (χ0v) is 10.7. The van der Waals surface area contributed by atoms with Crippen LogP contribution in [0.4, 0.5) is 10.2 Å². The van der Waals surface area contributed by atoms with Gasteiger partial charge in [-0.25, -0.2) is 9.37 Å². The molecule has 0 aliphatic carbocycles. The van der Waals surface area contributed by atoms with Crippen molar-refractivity contribution in [1.82, 2.24) is 4.98 Å². The Morgan fingerprint density at radius 1 is 1.44 bits per heavy atom. The molecule has 0 saturated heterocycles. The standard InChI is InChI=1S/C12H18ClFN2/c1-4-9(5-2)8(3)16-12-11(14)6-10(13)7-15-12/h6-9H,4-5H2,1-3H3,(H,15,16). The minimum Gasteiger partial charge on any atom is -0.365 e. The van der Waals surface area contributed by atoms with Crippen LogP contribution in [0.25, 0.3) is 0 Å². The van der Waals surface area contributed by atoms with Gasteiger partial charge in [-0.3, -0.25) is 0 Å². The van der Waals surface area contributed by atoms with Crippen LogP contribution >= 0.6 is 11.6 Å². The Hall–Kier alpha value is -0.830. The summed E-state index contributed by atoms with van der Waals surface area (Å²) in [6, 6.07) is 1.48. The smallest absolute Gasteiger partial charge is 0.166 e. The van der Waals surface area contributed by atoms with Crippen LogP contribution in [0.5, 0.6) is 0 Å². The van der Waals surface area contributed by atoms with Crippen LogP contribution in [-0.4, -0.2) is 11.0 Å². The van der Waals surface area contributed by atoms with E-state index in [1.165, 1.54) is 12.3 Å². The van der Waals surface area contributed by atoms with E-state index >= 15 is 0 Å². The molecule has 1 N–H and O–H groups in total. The number of hydrogen-bond acceptors (Lipinski definition) is 2. The van der Waals surface area contributed by atoms with Crippen molar-refractivity contribution < 1.29 is 4.39 Å². The first-order valence-corrected chi connectivity index (χ1v) is 6.03. The van der Waals surface area contributed by atoms with Gasteiger partial charge in [-0.1, -0.05) is 38.3 Å². The molecule has 0 amide bonds. The summed E-state index contributed by atoms with van der Waals surface area (Å²) in [5.41, 5.74) is 0. The lowest BCUT2D eigenvalue weighted by atomic mass is 9.95. The summed E-state index contributed by atoms with van der Waals surface area (Å²) in [4.78, 5) is 3.95. The number of aromatic nitrogens is 1. The molecule has 0 bridgehead atoms. The van der Waals surface area contributed by atoms with Gasteiger partial charge in [0.2, 0.25) is 0 Å². The lowest BCUT2D eigenvalue weighted by molar-refractivity contribution is 0.435. The monoisotopic (exact) mass is 244 g/mol. The average Bonchev–Trinajstić information content (AvgIpc) is 2.24. The predicted octanol–water partition coefficient (Wildman–Crippen LogP) is 4.11. The number of pyridine rings is 1. The third kappa shape index (κ3) is 3.34. The summed E-state index contributed by atoms with van der Waals surface area (Å²) < 4.78 is 13.5. The van der Waals surface area contributed by atoms with E-state index in [1.807, 2.05) is 6.92 Å². The molecule has 1 aromatic rings. The second-order valence-corrected chi connectivity index (χ2v) is 4.43. The summed E-state index contributed by atoms with van der Waals surface area (Å²) in [6.45, 7) is 6.32. The van der Waals surface area contributed by atoms with Gasteiger partial charge in [0, 0.05) is 12.2 Å². The minimum absolute atomic E-state index is 0.207. The molecule has 0 spiro atoms. The molecule has 1 atom stereocenters. The first kappa shape index (κ1) is 13.2. The van der Waals surface area contributed by atoms with Crippen LogP contribution in [0.15, 0.2) is 12.3 Å². The van der Waals surface area contributed by atoms with E-state index in [2.05, 4.69) is 24.1 Å². The second kappa shape index (κ2) is 6.04. The Labute approximate surface area is 101 Å². The van der Waals surface area contributed by atoms with Crippen molar-refractivity contribution in [2.24, 2.45) is 5.92 Å². The molecular formula is C12H18ClFN2. The Balaban J connectivity index is 2.72. The highest BCUT2D eigenvalue weighted by atomic mass is 35.5. The maximum atomic E-state index is 13.5. The molecule has 0 aliphatic rings. The second-order valence-electron chi connectivity index (χ2n) is 3.99. The Morgan fingerprint density at radius 2 is 2.06 bits per heavy atom. The summed E-state index contributed by atoms with van der Waals surface area (Å²) in [6.07, 6.45) is 3.59. The fourth-order valence-corrected chi connectivity index (χ4v) is 1.99. The van der Waals surface area contributed by atoms with E-state index in [4.69, 9.17) is 11.6 Å². The van der Waals surface area contributed by atoms with Crippen molar-refractivity contribution in [3.05, 3.63) is 23.1 Å². The van der Waals surface area contributed by atoms with E-state index in [0.717, 1.165) is 12.8 Å². The van der Waals surface area contributed by atoms with Crippen molar-refractivity contribution in [2.45, 2.75) is 39.7 Å². The van der Waals surface area contributed by atoms with E-state index < -0.39 is 5.82 Å². The molecular weight excluding hydrogens is 227 g/mol. The largest absolute Gasteiger partial charge is 0.365 e. The molecule has 1 heterocycles. The SMILES string of the molecule is CCC(CC)C(C)Nc1ncc(Cl)cc1F. The lowest BCUT2D eigenvalue weighted by Crippen LogP contribution is -2.26. The van der Waals surface area contributed by atoms with Crippen LogP contribution in [0.2, 0.25) is 5.02 Å². The van der Waals surface area contributed by atoms with Gasteiger partial charge in [0.25, 0.3) is 0 Å². The minimum atomic E-state index is -0.398. The summed E-state index contributed by atoms with van der Waals surface area (Å²) >= 11 is 5.64. The summed E-state index contributed by atoms with van der Waals surface area (Å²) in [7, 11) is 0. The van der Waals surface area contributed by atoms with Crippen LogP contribution in [-0.2, 0) is 0 Å². The Morgan fingerprint density at radius 3 is 2.56 bits per heavy atom. The molecule has 90 valence electrons.